The summed E-state index contributed by atoms with van der Waals surface area (Å²) < 4.78 is 26.0. The Balaban J connectivity index is 1.95. The van der Waals surface area contributed by atoms with Crippen LogP contribution in [0.5, 0.6) is 11.5 Å². The van der Waals surface area contributed by atoms with E-state index in [9.17, 15) is 14.0 Å². The lowest BCUT2D eigenvalue weighted by Crippen LogP contribution is -2.33. The molecule has 1 amide bonds. The summed E-state index contributed by atoms with van der Waals surface area (Å²) in [5, 5.41) is 6.87. The van der Waals surface area contributed by atoms with E-state index >= 15 is 0 Å². The molecule has 0 fully saturated rings. The fraction of sp³-hybridized carbons (Fsp3) is 0.227. The standard InChI is InChI=1S/C22H22FN3O4/c1-13-11-19(27)21(25-26(13)18-8-6-5-7-17(18)23)22(28)24-14(2)16-12-15(29-3)9-10-20(16)30-4/h5-12,14H,1-4H3,(H,24,28). The number of carbonyl (C=O) groups is 1. The van der Waals surface area contributed by atoms with Crippen molar-refractivity contribution in [2.45, 2.75) is 19.9 Å². The molecule has 0 radical (unpaired) electrons. The van der Waals surface area contributed by atoms with Crippen LogP contribution in [0.15, 0.2) is 53.3 Å². The molecule has 3 aromatic rings. The highest BCUT2D eigenvalue weighted by molar-refractivity contribution is 5.92. The fourth-order valence-corrected chi connectivity index (χ4v) is 3.09. The second-order valence-electron chi connectivity index (χ2n) is 6.66. The number of benzene rings is 2. The molecule has 7 nitrogen and oxygen atoms in total. The number of carbonyl (C=O) groups excluding carboxylic acids is 1. The molecule has 0 aliphatic carbocycles. The zero-order valence-electron chi connectivity index (χ0n) is 17.1. The Labute approximate surface area is 173 Å². The van der Waals surface area contributed by atoms with Crippen LogP contribution < -0.4 is 20.2 Å². The Morgan fingerprint density at radius 2 is 1.87 bits per heavy atom. The number of hydrogen-bond acceptors (Lipinski definition) is 5. The van der Waals surface area contributed by atoms with Crippen LogP contribution in [0.3, 0.4) is 0 Å². The monoisotopic (exact) mass is 411 g/mol. The molecular weight excluding hydrogens is 389 g/mol. The van der Waals surface area contributed by atoms with Crippen molar-refractivity contribution in [3.63, 3.8) is 0 Å². The van der Waals surface area contributed by atoms with E-state index in [1.165, 1.54) is 37.1 Å². The van der Waals surface area contributed by atoms with Crippen molar-refractivity contribution >= 4 is 5.91 Å². The highest BCUT2D eigenvalue weighted by atomic mass is 19.1. The molecule has 1 aromatic heterocycles. The number of hydrogen-bond donors (Lipinski definition) is 1. The van der Waals surface area contributed by atoms with Crippen molar-refractivity contribution in [3.8, 4) is 17.2 Å². The van der Waals surface area contributed by atoms with Crippen LogP contribution in [0.2, 0.25) is 0 Å². The molecule has 8 heteroatoms. The zero-order chi connectivity index (χ0) is 21.8. The predicted octanol–water partition coefficient (Wildman–Crippen LogP) is 3.19. The lowest BCUT2D eigenvalue weighted by Gasteiger charge is -2.18. The SMILES string of the molecule is COc1ccc(OC)c(C(C)NC(=O)c2nn(-c3ccccc3F)c(C)cc2=O)c1. The van der Waals surface area contributed by atoms with Crippen LogP contribution in [-0.2, 0) is 0 Å². The third-order valence-corrected chi connectivity index (χ3v) is 4.65. The highest BCUT2D eigenvalue weighted by Gasteiger charge is 2.21. The molecule has 3 rings (SSSR count). The van der Waals surface area contributed by atoms with Crippen LogP contribution >= 0.6 is 0 Å². The highest BCUT2D eigenvalue weighted by Crippen LogP contribution is 2.29. The van der Waals surface area contributed by atoms with E-state index < -0.39 is 23.2 Å². The van der Waals surface area contributed by atoms with Crippen molar-refractivity contribution in [1.82, 2.24) is 15.1 Å². The summed E-state index contributed by atoms with van der Waals surface area (Å²) >= 11 is 0. The van der Waals surface area contributed by atoms with Crippen LogP contribution in [-0.4, -0.2) is 29.9 Å². The summed E-state index contributed by atoms with van der Waals surface area (Å²) in [6, 6.07) is 12.0. The number of amides is 1. The minimum Gasteiger partial charge on any atom is -0.497 e. The zero-order valence-corrected chi connectivity index (χ0v) is 17.1. The van der Waals surface area contributed by atoms with Gasteiger partial charge in [0, 0.05) is 17.3 Å². The topological polar surface area (TPSA) is 82.4 Å². The summed E-state index contributed by atoms with van der Waals surface area (Å²) in [7, 11) is 3.06. The molecule has 2 aromatic carbocycles. The van der Waals surface area contributed by atoms with E-state index in [-0.39, 0.29) is 11.4 Å². The number of ether oxygens (including phenoxy) is 2. The molecule has 1 N–H and O–H groups in total. The average Bonchev–Trinajstić information content (AvgIpc) is 2.73. The van der Waals surface area contributed by atoms with Gasteiger partial charge in [-0.25, -0.2) is 9.07 Å². The smallest absolute Gasteiger partial charge is 0.276 e. The van der Waals surface area contributed by atoms with Gasteiger partial charge in [0.05, 0.1) is 20.3 Å². The van der Waals surface area contributed by atoms with Gasteiger partial charge in [-0.2, -0.15) is 5.10 Å². The minimum atomic E-state index is -0.678. The van der Waals surface area contributed by atoms with Crippen LogP contribution in [0, 0.1) is 12.7 Å². The molecule has 1 atom stereocenters. The maximum atomic E-state index is 14.2. The molecule has 30 heavy (non-hydrogen) atoms. The quantitative estimate of drug-likeness (QED) is 0.674. The molecule has 0 saturated carbocycles. The van der Waals surface area contributed by atoms with Crippen molar-refractivity contribution in [2.75, 3.05) is 14.2 Å². The van der Waals surface area contributed by atoms with Crippen LogP contribution in [0.1, 0.15) is 34.7 Å². The van der Waals surface area contributed by atoms with Gasteiger partial charge < -0.3 is 14.8 Å². The first-order chi connectivity index (χ1) is 14.3. The van der Waals surface area contributed by atoms with Crippen LogP contribution in [0.25, 0.3) is 5.69 Å². The molecule has 0 aliphatic rings. The maximum absolute atomic E-state index is 14.2. The van der Waals surface area contributed by atoms with Crippen molar-refractivity contribution in [1.29, 1.82) is 0 Å². The minimum absolute atomic E-state index is 0.145. The maximum Gasteiger partial charge on any atom is 0.276 e. The lowest BCUT2D eigenvalue weighted by atomic mass is 10.1. The largest absolute Gasteiger partial charge is 0.497 e. The van der Waals surface area contributed by atoms with E-state index in [2.05, 4.69) is 10.4 Å². The van der Waals surface area contributed by atoms with Crippen molar-refractivity contribution < 1.29 is 18.7 Å². The number of nitrogens with zero attached hydrogens (tertiary/aromatic N) is 2. The molecule has 1 unspecified atom stereocenters. The van der Waals surface area contributed by atoms with Gasteiger partial charge in [-0.05, 0) is 44.2 Å². The fourth-order valence-electron chi connectivity index (χ4n) is 3.09. The predicted molar refractivity (Wildman–Crippen MR) is 110 cm³/mol. The first-order valence-corrected chi connectivity index (χ1v) is 9.24. The Hall–Kier alpha value is -3.68. The first kappa shape index (κ1) is 21.0. The lowest BCUT2D eigenvalue weighted by molar-refractivity contribution is 0.0931. The molecule has 0 bridgehead atoms. The van der Waals surface area contributed by atoms with E-state index in [0.29, 0.717) is 22.8 Å². The Morgan fingerprint density at radius 3 is 2.53 bits per heavy atom. The van der Waals surface area contributed by atoms with Crippen molar-refractivity contribution in [2.24, 2.45) is 0 Å². The van der Waals surface area contributed by atoms with Gasteiger partial charge in [-0.1, -0.05) is 12.1 Å². The number of nitrogens with one attached hydrogen (secondary N) is 1. The van der Waals surface area contributed by atoms with Gasteiger partial charge in [0.15, 0.2) is 5.69 Å². The van der Waals surface area contributed by atoms with Gasteiger partial charge in [0.1, 0.15) is 23.0 Å². The molecular formula is C22H22FN3O4. The van der Waals surface area contributed by atoms with E-state index in [0.717, 1.165) is 0 Å². The summed E-state index contributed by atoms with van der Waals surface area (Å²) in [6.07, 6.45) is 0. The van der Waals surface area contributed by atoms with E-state index in [1.54, 1.807) is 44.2 Å². The Kier molecular flexibility index (Phi) is 6.15. The number of halogens is 1. The molecule has 156 valence electrons. The summed E-state index contributed by atoms with van der Waals surface area (Å²) in [4.78, 5) is 25.2. The van der Waals surface area contributed by atoms with Gasteiger partial charge in [-0.3, -0.25) is 9.59 Å². The van der Waals surface area contributed by atoms with Gasteiger partial charge in [0.2, 0.25) is 5.43 Å². The molecule has 1 heterocycles. The van der Waals surface area contributed by atoms with Gasteiger partial charge in [0.25, 0.3) is 5.91 Å². The Bertz CT molecular complexity index is 1140. The second kappa shape index (κ2) is 8.77. The molecule has 0 aliphatic heterocycles. The average molecular weight is 411 g/mol. The Morgan fingerprint density at radius 1 is 1.13 bits per heavy atom. The number of aromatic nitrogens is 2. The van der Waals surface area contributed by atoms with Gasteiger partial charge in [-0.15, -0.1) is 0 Å². The first-order valence-electron chi connectivity index (χ1n) is 9.24. The number of rotatable bonds is 6. The molecule has 0 saturated heterocycles. The van der Waals surface area contributed by atoms with Gasteiger partial charge >= 0.3 is 0 Å². The third-order valence-electron chi connectivity index (χ3n) is 4.65. The summed E-state index contributed by atoms with van der Waals surface area (Å²) in [5.74, 6) is -0.0356. The van der Waals surface area contributed by atoms with Crippen molar-refractivity contribution in [3.05, 3.63) is 81.5 Å². The second-order valence-corrected chi connectivity index (χ2v) is 6.66. The molecule has 0 spiro atoms. The van der Waals surface area contributed by atoms with E-state index in [1.807, 2.05) is 0 Å². The van der Waals surface area contributed by atoms with Crippen LogP contribution in [0.4, 0.5) is 4.39 Å². The normalized spacial score (nSPS) is 11.6. The van der Waals surface area contributed by atoms with E-state index in [4.69, 9.17) is 9.47 Å². The summed E-state index contributed by atoms with van der Waals surface area (Å²) in [6.45, 7) is 3.37. The summed E-state index contributed by atoms with van der Waals surface area (Å²) in [5.41, 5.74) is 0.336. The number of methoxy groups -OCH3 is 2. The number of aryl methyl sites for hydroxylation is 1. The third kappa shape index (κ3) is 4.17. The number of para-hydroxylation sites is 1.